The Morgan fingerprint density at radius 3 is 2.48 bits per heavy atom. The van der Waals surface area contributed by atoms with E-state index in [2.05, 4.69) is 21.2 Å². The smallest absolute Gasteiger partial charge is 0.230 e. The van der Waals surface area contributed by atoms with Crippen molar-refractivity contribution in [2.75, 3.05) is 13.2 Å². The lowest BCUT2D eigenvalue weighted by Crippen LogP contribution is -2.39. The first-order valence-corrected chi connectivity index (χ1v) is 9.19. The highest BCUT2D eigenvalue weighted by Crippen LogP contribution is 2.30. The summed E-state index contributed by atoms with van der Waals surface area (Å²) in [6.45, 7) is 5.64. The van der Waals surface area contributed by atoms with E-state index in [4.69, 9.17) is 9.47 Å². The third-order valence-electron chi connectivity index (χ3n) is 4.40. The molecule has 1 N–H and O–H groups in total. The van der Waals surface area contributed by atoms with Crippen LogP contribution in [0.4, 0.5) is 0 Å². The monoisotopic (exact) mass is 403 g/mol. The fourth-order valence-corrected chi connectivity index (χ4v) is 2.98. The van der Waals surface area contributed by atoms with Gasteiger partial charge in [-0.25, -0.2) is 0 Å². The number of amides is 1. The van der Waals surface area contributed by atoms with Crippen LogP contribution in [0.25, 0.3) is 0 Å². The molecule has 0 saturated carbocycles. The van der Waals surface area contributed by atoms with Crippen LogP contribution in [-0.2, 0) is 16.8 Å². The van der Waals surface area contributed by atoms with Gasteiger partial charge < -0.3 is 14.8 Å². The lowest BCUT2D eigenvalue weighted by Gasteiger charge is -2.24. The molecule has 4 nitrogen and oxygen atoms in total. The van der Waals surface area contributed by atoms with E-state index in [9.17, 15) is 4.79 Å². The summed E-state index contributed by atoms with van der Waals surface area (Å²) in [5, 5.41) is 3.03. The minimum atomic E-state index is -0.605. The summed E-state index contributed by atoms with van der Waals surface area (Å²) >= 11 is 3.42. The number of carbonyl (C=O) groups is 1. The second-order valence-electron chi connectivity index (χ2n) is 6.65. The number of ether oxygens (including phenoxy) is 2. The summed E-state index contributed by atoms with van der Waals surface area (Å²) in [5.74, 6) is 1.50. The number of carbonyl (C=O) groups excluding carboxylic acids is 1. The SMILES string of the molecule is CC(C)(C(=O)NCc1ccc2c(c1)OCCCO2)c1ccc(Br)cc1. The number of benzene rings is 2. The highest BCUT2D eigenvalue weighted by Gasteiger charge is 2.29. The molecule has 0 fully saturated rings. The van der Waals surface area contributed by atoms with Crippen molar-refractivity contribution in [3.8, 4) is 11.5 Å². The van der Waals surface area contributed by atoms with Crippen molar-refractivity contribution in [2.24, 2.45) is 0 Å². The first-order chi connectivity index (χ1) is 12.0. The van der Waals surface area contributed by atoms with Gasteiger partial charge in [-0.1, -0.05) is 34.1 Å². The first-order valence-electron chi connectivity index (χ1n) is 8.40. The molecule has 0 bridgehead atoms. The Balaban J connectivity index is 1.67. The van der Waals surface area contributed by atoms with Crippen LogP contribution in [0.15, 0.2) is 46.9 Å². The Bertz CT molecular complexity index is 756. The van der Waals surface area contributed by atoms with Crippen molar-refractivity contribution >= 4 is 21.8 Å². The normalized spacial score (nSPS) is 13.9. The van der Waals surface area contributed by atoms with Gasteiger partial charge in [0.1, 0.15) is 0 Å². The third kappa shape index (κ3) is 4.15. The van der Waals surface area contributed by atoms with Gasteiger partial charge in [-0.15, -0.1) is 0 Å². The Hall–Kier alpha value is -2.01. The maximum absolute atomic E-state index is 12.7. The number of nitrogens with one attached hydrogen (secondary N) is 1. The van der Waals surface area contributed by atoms with Crippen LogP contribution in [0.2, 0.25) is 0 Å². The quantitative estimate of drug-likeness (QED) is 0.831. The number of hydrogen-bond donors (Lipinski definition) is 1. The molecule has 1 aliphatic rings. The summed E-state index contributed by atoms with van der Waals surface area (Å²) in [5.41, 5.74) is 1.36. The summed E-state index contributed by atoms with van der Waals surface area (Å²) in [4.78, 5) is 12.7. The van der Waals surface area contributed by atoms with E-state index < -0.39 is 5.41 Å². The van der Waals surface area contributed by atoms with Crippen molar-refractivity contribution in [1.82, 2.24) is 5.32 Å². The largest absolute Gasteiger partial charge is 0.490 e. The van der Waals surface area contributed by atoms with Crippen LogP contribution in [0.1, 0.15) is 31.4 Å². The van der Waals surface area contributed by atoms with Gasteiger partial charge in [0.15, 0.2) is 11.5 Å². The minimum absolute atomic E-state index is 0.0121. The third-order valence-corrected chi connectivity index (χ3v) is 4.93. The average molecular weight is 404 g/mol. The second kappa shape index (κ2) is 7.48. The van der Waals surface area contributed by atoms with Gasteiger partial charge in [0.2, 0.25) is 5.91 Å². The molecule has 5 heteroatoms. The Kier molecular flexibility index (Phi) is 5.33. The number of rotatable bonds is 4. The van der Waals surface area contributed by atoms with E-state index in [0.717, 1.165) is 33.5 Å². The lowest BCUT2D eigenvalue weighted by atomic mass is 9.83. The Morgan fingerprint density at radius 2 is 1.76 bits per heavy atom. The first kappa shape index (κ1) is 17.8. The molecule has 25 heavy (non-hydrogen) atoms. The fourth-order valence-electron chi connectivity index (χ4n) is 2.72. The molecule has 0 atom stereocenters. The summed E-state index contributed by atoms with van der Waals surface area (Å²) in [6, 6.07) is 13.6. The number of fused-ring (bicyclic) bond motifs is 1. The molecule has 0 aromatic heterocycles. The molecule has 3 rings (SSSR count). The van der Waals surface area contributed by atoms with Crippen molar-refractivity contribution in [2.45, 2.75) is 32.2 Å². The van der Waals surface area contributed by atoms with Gasteiger partial charge in [-0.2, -0.15) is 0 Å². The molecule has 1 amide bonds. The molecule has 1 heterocycles. The van der Waals surface area contributed by atoms with E-state index >= 15 is 0 Å². The van der Waals surface area contributed by atoms with Gasteiger partial charge in [-0.05, 0) is 49.2 Å². The second-order valence-corrected chi connectivity index (χ2v) is 7.56. The molecular weight excluding hydrogens is 382 g/mol. The van der Waals surface area contributed by atoms with Crippen LogP contribution in [0, 0.1) is 0 Å². The van der Waals surface area contributed by atoms with Gasteiger partial charge in [0, 0.05) is 17.4 Å². The summed E-state index contributed by atoms with van der Waals surface area (Å²) < 4.78 is 12.3. The molecule has 0 radical (unpaired) electrons. The van der Waals surface area contributed by atoms with Gasteiger partial charge in [0.05, 0.1) is 18.6 Å². The molecule has 0 saturated heterocycles. The fraction of sp³-hybridized carbons (Fsp3) is 0.350. The van der Waals surface area contributed by atoms with Crippen LogP contribution in [0.5, 0.6) is 11.5 Å². The van der Waals surface area contributed by atoms with Crippen LogP contribution < -0.4 is 14.8 Å². The molecular formula is C20H22BrNO3. The number of halogens is 1. The molecule has 132 valence electrons. The standard InChI is InChI=1S/C20H22BrNO3/c1-20(2,15-5-7-16(21)8-6-15)19(23)22-13-14-4-9-17-18(12-14)25-11-3-10-24-17/h4-9,12H,3,10-11,13H2,1-2H3,(H,22,23). The van der Waals surface area contributed by atoms with Crippen LogP contribution in [-0.4, -0.2) is 19.1 Å². The molecule has 2 aromatic carbocycles. The zero-order valence-electron chi connectivity index (χ0n) is 14.5. The summed E-state index contributed by atoms with van der Waals surface area (Å²) in [6.07, 6.45) is 0.877. The van der Waals surface area contributed by atoms with Crippen LogP contribution >= 0.6 is 15.9 Å². The van der Waals surface area contributed by atoms with E-state index in [-0.39, 0.29) is 5.91 Å². The summed E-state index contributed by atoms with van der Waals surface area (Å²) in [7, 11) is 0. The van der Waals surface area contributed by atoms with Crippen molar-refractivity contribution in [1.29, 1.82) is 0 Å². The highest BCUT2D eigenvalue weighted by atomic mass is 79.9. The maximum atomic E-state index is 12.7. The molecule has 1 aliphatic heterocycles. The Labute approximate surface area is 156 Å². The maximum Gasteiger partial charge on any atom is 0.230 e. The average Bonchev–Trinajstić information content (AvgIpc) is 2.84. The van der Waals surface area contributed by atoms with Gasteiger partial charge in [0.25, 0.3) is 0 Å². The highest BCUT2D eigenvalue weighted by molar-refractivity contribution is 9.10. The molecule has 2 aromatic rings. The van der Waals surface area contributed by atoms with E-state index in [1.54, 1.807) is 0 Å². The minimum Gasteiger partial charge on any atom is -0.490 e. The van der Waals surface area contributed by atoms with Gasteiger partial charge in [-0.3, -0.25) is 4.79 Å². The predicted molar refractivity (Wildman–Crippen MR) is 101 cm³/mol. The zero-order chi connectivity index (χ0) is 17.9. The molecule has 0 aliphatic carbocycles. The van der Waals surface area contributed by atoms with E-state index in [1.165, 1.54) is 0 Å². The lowest BCUT2D eigenvalue weighted by molar-refractivity contribution is -0.125. The topological polar surface area (TPSA) is 47.6 Å². The van der Waals surface area contributed by atoms with E-state index in [0.29, 0.717) is 19.8 Å². The van der Waals surface area contributed by atoms with E-state index in [1.807, 2.05) is 56.3 Å². The Morgan fingerprint density at radius 1 is 1.08 bits per heavy atom. The van der Waals surface area contributed by atoms with Gasteiger partial charge >= 0.3 is 0 Å². The van der Waals surface area contributed by atoms with Crippen molar-refractivity contribution in [3.63, 3.8) is 0 Å². The zero-order valence-corrected chi connectivity index (χ0v) is 16.1. The molecule has 0 spiro atoms. The number of hydrogen-bond acceptors (Lipinski definition) is 3. The predicted octanol–water partition coefficient (Wildman–Crippen LogP) is 4.20. The van der Waals surface area contributed by atoms with Crippen LogP contribution in [0.3, 0.4) is 0 Å². The van der Waals surface area contributed by atoms with Crippen molar-refractivity contribution < 1.29 is 14.3 Å². The van der Waals surface area contributed by atoms with Crippen molar-refractivity contribution in [3.05, 3.63) is 58.1 Å². The molecule has 0 unspecified atom stereocenters.